The van der Waals surface area contributed by atoms with E-state index in [9.17, 15) is 13.2 Å². The summed E-state index contributed by atoms with van der Waals surface area (Å²) in [6, 6.07) is 9.35. The van der Waals surface area contributed by atoms with Crippen LogP contribution < -0.4 is 20.1 Å². The number of nitrogens with one attached hydrogen (secondary N) is 3. The number of rotatable bonds is 15. The molecule has 242 valence electrons. The van der Waals surface area contributed by atoms with Gasteiger partial charge in [-0.05, 0) is 120 Å². The second-order valence-electron chi connectivity index (χ2n) is 13.3. The van der Waals surface area contributed by atoms with Gasteiger partial charge >= 0.3 is 0 Å². The summed E-state index contributed by atoms with van der Waals surface area (Å²) in [4.78, 5) is 21.4. The second kappa shape index (κ2) is 13.3. The Bertz CT molecular complexity index is 1610. The Morgan fingerprint density at radius 2 is 1.91 bits per heavy atom. The average molecular weight is 656 g/mol. The third kappa shape index (κ3) is 8.33. The molecule has 0 bridgehead atoms. The summed E-state index contributed by atoms with van der Waals surface area (Å²) in [6.07, 6.45) is 11.3. The van der Waals surface area contributed by atoms with Crippen LogP contribution in [0.2, 0.25) is 5.15 Å². The number of carbonyl (C=O) groups excluding carboxylic acids is 1. The van der Waals surface area contributed by atoms with Crippen molar-refractivity contribution in [2.45, 2.75) is 75.8 Å². The Labute approximate surface area is 269 Å². The minimum absolute atomic E-state index is 0.0855. The van der Waals surface area contributed by atoms with Crippen LogP contribution in [0.3, 0.4) is 0 Å². The number of sulfonamides is 1. The Hall–Kier alpha value is -3.22. The maximum absolute atomic E-state index is 13.0. The molecule has 11 nitrogen and oxygen atoms in total. The number of hydrogen-bond acceptors (Lipinski definition) is 9. The predicted molar refractivity (Wildman–Crippen MR) is 172 cm³/mol. The zero-order valence-corrected chi connectivity index (χ0v) is 27.4. The summed E-state index contributed by atoms with van der Waals surface area (Å²) in [5.74, 6) is 3.54. The highest BCUT2D eigenvalue weighted by Crippen LogP contribution is 2.50. The van der Waals surface area contributed by atoms with Crippen molar-refractivity contribution < 1.29 is 17.9 Å². The summed E-state index contributed by atoms with van der Waals surface area (Å²) in [5, 5.41) is 10.7. The molecule has 3 aliphatic rings. The van der Waals surface area contributed by atoms with E-state index in [1.807, 2.05) is 0 Å². The van der Waals surface area contributed by atoms with E-state index < -0.39 is 15.9 Å². The predicted octanol–water partition coefficient (Wildman–Crippen LogP) is 5.22. The van der Waals surface area contributed by atoms with Gasteiger partial charge in [0.25, 0.3) is 15.9 Å². The molecule has 2 saturated carbocycles. The van der Waals surface area contributed by atoms with Crippen LogP contribution in [0.5, 0.6) is 5.88 Å². The van der Waals surface area contributed by atoms with Gasteiger partial charge in [0.2, 0.25) is 5.88 Å². The number of pyridine rings is 2. The topological polar surface area (TPSA) is 140 Å². The number of amides is 1. The lowest BCUT2D eigenvalue weighted by molar-refractivity contribution is 0.0981. The number of halogens is 1. The van der Waals surface area contributed by atoms with Gasteiger partial charge in [-0.25, -0.2) is 19.4 Å². The average Bonchev–Trinajstić information content (AvgIpc) is 3.94. The standard InChI is InChI=1S/C32H42ClN7O4S/c1-32(2)19-21(20-35-32)5-4-16-34-26-6-3-7-29(36-26)45(42,43)39-31(41)25-12-13-27(37-30(25)33)40-17-14-28(38-40)44-18-15-24(22-8-9-22)23-10-11-23/h3,6-7,12-14,17,21-24,35H,4-5,8-11,15-16,18-20H2,1-2H3,(H,34,36)(H,39,41). The maximum Gasteiger partial charge on any atom is 0.281 e. The monoisotopic (exact) mass is 655 g/mol. The molecule has 45 heavy (non-hydrogen) atoms. The van der Waals surface area contributed by atoms with E-state index in [0.29, 0.717) is 36.6 Å². The number of carbonyl (C=O) groups is 1. The van der Waals surface area contributed by atoms with Crippen LogP contribution in [-0.2, 0) is 10.0 Å². The molecule has 3 aromatic heterocycles. The van der Waals surface area contributed by atoms with Gasteiger partial charge in [-0.2, -0.15) is 8.42 Å². The van der Waals surface area contributed by atoms with Crippen LogP contribution in [0.1, 0.15) is 75.6 Å². The SMILES string of the molecule is CC1(C)CC(CCCNc2cccc(S(=O)(=O)NC(=O)c3ccc(-n4ccc(OCCC(C5CC5)C5CC5)n4)nc3Cl)n2)CN1. The van der Waals surface area contributed by atoms with Gasteiger partial charge in [0.1, 0.15) is 11.0 Å². The maximum atomic E-state index is 13.0. The molecule has 6 rings (SSSR count). The quantitative estimate of drug-likeness (QED) is 0.148. The lowest BCUT2D eigenvalue weighted by Crippen LogP contribution is -2.31. The lowest BCUT2D eigenvalue weighted by Gasteiger charge is -2.17. The van der Waals surface area contributed by atoms with E-state index in [0.717, 1.165) is 50.0 Å². The largest absolute Gasteiger partial charge is 0.477 e. The molecule has 0 radical (unpaired) electrons. The van der Waals surface area contributed by atoms with E-state index in [4.69, 9.17) is 16.3 Å². The molecule has 0 spiro atoms. The van der Waals surface area contributed by atoms with E-state index in [1.54, 1.807) is 30.5 Å². The summed E-state index contributed by atoms with van der Waals surface area (Å²) in [6.45, 7) is 6.73. The first-order valence-corrected chi connectivity index (χ1v) is 17.8. The van der Waals surface area contributed by atoms with Crippen LogP contribution in [0, 0.1) is 23.7 Å². The van der Waals surface area contributed by atoms with Gasteiger partial charge in [-0.15, -0.1) is 5.10 Å². The van der Waals surface area contributed by atoms with Crippen LogP contribution in [0.25, 0.3) is 5.82 Å². The Morgan fingerprint density at radius 1 is 1.13 bits per heavy atom. The minimum atomic E-state index is -4.26. The van der Waals surface area contributed by atoms with Gasteiger partial charge in [-0.1, -0.05) is 17.7 Å². The van der Waals surface area contributed by atoms with Crippen molar-refractivity contribution in [1.82, 2.24) is 29.8 Å². The summed E-state index contributed by atoms with van der Waals surface area (Å²) < 4.78 is 35.5. The molecule has 1 atom stereocenters. The fourth-order valence-electron chi connectivity index (χ4n) is 6.43. The zero-order valence-electron chi connectivity index (χ0n) is 25.8. The van der Waals surface area contributed by atoms with Crippen molar-refractivity contribution in [2.75, 3.05) is 25.0 Å². The molecule has 2 aliphatic carbocycles. The number of aromatic nitrogens is 4. The van der Waals surface area contributed by atoms with Crippen molar-refractivity contribution >= 4 is 33.3 Å². The number of hydrogen-bond donors (Lipinski definition) is 3. The molecular formula is C32H42ClN7O4S. The fraction of sp³-hybridized carbons (Fsp3) is 0.562. The molecule has 3 aromatic rings. The lowest BCUT2D eigenvalue weighted by atomic mass is 9.94. The van der Waals surface area contributed by atoms with Crippen molar-refractivity contribution in [3.8, 4) is 11.7 Å². The van der Waals surface area contributed by atoms with Crippen LogP contribution in [0.15, 0.2) is 47.6 Å². The van der Waals surface area contributed by atoms with Gasteiger partial charge in [0.05, 0.1) is 12.2 Å². The molecule has 1 unspecified atom stereocenters. The first-order chi connectivity index (χ1) is 21.6. The highest BCUT2D eigenvalue weighted by atomic mass is 35.5. The Kier molecular flexibility index (Phi) is 9.35. The van der Waals surface area contributed by atoms with Crippen LogP contribution >= 0.6 is 11.6 Å². The third-order valence-corrected chi connectivity index (χ3v) is 10.5. The third-order valence-electron chi connectivity index (χ3n) is 9.02. The second-order valence-corrected chi connectivity index (χ2v) is 15.3. The number of anilines is 1. The summed E-state index contributed by atoms with van der Waals surface area (Å²) in [7, 11) is -4.26. The summed E-state index contributed by atoms with van der Waals surface area (Å²) >= 11 is 6.34. The molecule has 1 saturated heterocycles. The molecule has 1 aliphatic heterocycles. The van der Waals surface area contributed by atoms with E-state index in [2.05, 4.69) is 44.3 Å². The molecule has 3 N–H and O–H groups in total. The first kappa shape index (κ1) is 31.7. The van der Waals surface area contributed by atoms with Crippen molar-refractivity contribution in [1.29, 1.82) is 0 Å². The van der Waals surface area contributed by atoms with Crippen molar-refractivity contribution in [3.05, 3.63) is 53.3 Å². The van der Waals surface area contributed by atoms with E-state index in [1.165, 1.54) is 42.5 Å². The Balaban J connectivity index is 1.01. The van der Waals surface area contributed by atoms with Gasteiger partial charge in [0, 0.05) is 24.3 Å². The van der Waals surface area contributed by atoms with Crippen molar-refractivity contribution in [2.24, 2.45) is 23.7 Å². The number of nitrogens with zero attached hydrogens (tertiary/aromatic N) is 4. The molecule has 3 fully saturated rings. The fourth-order valence-corrected chi connectivity index (χ4v) is 7.60. The smallest absolute Gasteiger partial charge is 0.281 e. The van der Waals surface area contributed by atoms with Crippen molar-refractivity contribution in [3.63, 3.8) is 0 Å². The summed E-state index contributed by atoms with van der Waals surface area (Å²) in [5.41, 5.74) is 0.0967. The van der Waals surface area contributed by atoms with Crippen LogP contribution in [-0.4, -0.2) is 59.3 Å². The van der Waals surface area contributed by atoms with E-state index in [-0.39, 0.29) is 21.3 Å². The Morgan fingerprint density at radius 3 is 2.60 bits per heavy atom. The van der Waals surface area contributed by atoms with Gasteiger partial charge < -0.3 is 15.4 Å². The molecule has 4 heterocycles. The molecular weight excluding hydrogens is 614 g/mol. The first-order valence-electron chi connectivity index (χ1n) is 15.9. The highest BCUT2D eigenvalue weighted by Gasteiger charge is 2.41. The van der Waals surface area contributed by atoms with E-state index >= 15 is 0 Å². The highest BCUT2D eigenvalue weighted by molar-refractivity contribution is 7.90. The molecule has 1 amide bonds. The normalized spacial score (nSPS) is 19.5. The number of ether oxygens (including phenoxy) is 1. The van der Waals surface area contributed by atoms with Gasteiger partial charge in [0.15, 0.2) is 10.8 Å². The minimum Gasteiger partial charge on any atom is -0.477 e. The van der Waals surface area contributed by atoms with Gasteiger partial charge in [-0.3, -0.25) is 4.79 Å². The molecule has 0 aromatic carbocycles. The zero-order chi connectivity index (χ0) is 31.6. The van der Waals surface area contributed by atoms with Crippen LogP contribution in [0.4, 0.5) is 5.82 Å². The molecule has 13 heteroatoms.